The third-order valence-corrected chi connectivity index (χ3v) is 2.31. The summed E-state index contributed by atoms with van der Waals surface area (Å²) in [5, 5.41) is 7.78. The summed E-state index contributed by atoms with van der Waals surface area (Å²) < 4.78 is 0. The number of thiophene rings is 1. The van der Waals surface area contributed by atoms with Crippen LogP contribution in [-0.4, -0.2) is 13.0 Å². The molecule has 0 aliphatic rings. The molecule has 12 heavy (non-hydrogen) atoms. The monoisotopic (exact) mass is 184 g/mol. The highest BCUT2D eigenvalue weighted by Crippen LogP contribution is 2.21. The van der Waals surface area contributed by atoms with Gasteiger partial charge in [0.1, 0.15) is 0 Å². The quantitative estimate of drug-likeness (QED) is 0.746. The molecule has 3 nitrogen and oxygen atoms in total. The highest BCUT2D eigenvalue weighted by molar-refractivity contribution is 7.10. The highest BCUT2D eigenvalue weighted by Gasteiger charge is 2.03. The van der Waals surface area contributed by atoms with Crippen molar-refractivity contribution in [1.82, 2.24) is 5.32 Å². The summed E-state index contributed by atoms with van der Waals surface area (Å²) >= 11 is 1.64. The van der Waals surface area contributed by atoms with Crippen molar-refractivity contribution in [1.29, 1.82) is 0 Å². The van der Waals surface area contributed by atoms with Crippen LogP contribution in [0.15, 0.2) is 11.4 Å². The van der Waals surface area contributed by atoms with E-state index in [1.54, 1.807) is 11.3 Å². The van der Waals surface area contributed by atoms with Crippen molar-refractivity contribution in [2.45, 2.75) is 13.5 Å². The molecule has 0 fully saturated rings. The van der Waals surface area contributed by atoms with Gasteiger partial charge in [-0.25, -0.2) is 0 Å². The summed E-state index contributed by atoms with van der Waals surface area (Å²) in [6, 6.07) is 1.92. The Morgan fingerprint density at radius 3 is 3.00 bits per heavy atom. The zero-order valence-electron chi connectivity index (χ0n) is 7.18. The zero-order chi connectivity index (χ0) is 8.97. The fourth-order valence-corrected chi connectivity index (χ4v) is 1.78. The maximum absolute atomic E-state index is 10.7. The van der Waals surface area contributed by atoms with E-state index >= 15 is 0 Å². The van der Waals surface area contributed by atoms with Crippen molar-refractivity contribution in [3.8, 4) is 0 Å². The molecule has 0 aliphatic carbocycles. The molecule has 1 aromatic heterocycles. The van der Waals surface area contributed by atoms with Crippen molar-refractivity contribution in [3.63, 3.8) is 0 Å². The summed E-state index contributed by atoms with van der Waals surface area (Å²) in [7, 11) is 1.89. The van der Waals surface area contributed by atoms with Crippen molar-refractivity contribution < 1.29 is 4.79 Å². The van der Waals surface area contributed by atoms with Gasteiger partial charge in [0.05, 0.1) is 5.69 Å². The summed E-state index contributed by atoms with van der Waals surface area (Å²) in [5.74, 6) is -0.0225. The molecule has 0 spiro atoms. The van der Waals surface area contributed by atoms with Crippen LogP contribution in [0, 0.1) is 0 Å². The smallest absolute Gasteiger partial charge is 0.221 e. The van der Waals surface area contributed by atoms with Gasteiger partial charge in [-0.3, -0.25) is 4.79 Å². The summed E-state index contributed by atoms with van der Waals surface area (Å²) in [6.07, 6.45) is 0. The lowest BCUT2D eigenvalue weighted by molar-refractivity contribution is -0.114. The van der Waals surface area contributed by atoms with Crippen LogP contribution in [0.1, 0.15) is 11.8 Å². The number of carbonyl (C=O) groups is 1. The first-order valence-electron chi connectivity index (χ1n) is 3.72. The van der Waals surface area contributed by atoms with Gasteiger partial charge in [0.15, 0.2) is 0 Å². The Bertz CT molecular complexity index is 270. The first-order chi connectivity index (χ1) is 5.74. The summed E-state index contributed by atoms with van der Waals surface area (Å²) in [5.41, 5.74) is 0.918. The number of carbonyl (C=O) groups excluding carboxylic acids is 1. The minimum Gasteiger partial charge on any atom is -0.325 e. The van der Waals surface area contributed by atoms with E-state index in [1.165, 1.54) is 6.92 Å². The minimum atomic E-state index is -0.0225. The molecule has 0 saturated carbocycles. The lowest BCUT2D eigenvalue weighted by Gasteiger charge is -2.02. The number of anilines is 1. The largest absolute Gasteiger partial charge is 0.325 e. The topological polar surface area (TPSA) is 41.1 Å². The van der Waals surface area contributed by atoms with Gasteiger partial charge in [0.25, 0.3) is 0 Å². The Balaban J connectivity index is 2.69. The van der Waals surface area contributed by atoms with Crippen LogP contribution in [0.5, 0.6) is 0 Å². The Morgan fingerprint density at radius 1 is 1.67 bits per heavy atom. The van der Waals surface area contributed by atoms with Gasteiger partial charge in [0.2, 0.25) is 5.91 Å². The van der Waals surface area contributed by atoms with Gasteiger partial charge < -0.3 is 10.6 Å². The van der Waals surface area contributed by atoms with Crippen molar-refractivity contribution >= 4 is 22.9 Å². The average molecular weight is 184 g/mol. The Morgan fingerprint density at radius 2 is 2.42 bits per heavy atom. The first-order valence-corrected chi connectivity index (χ1v) is 4.60. The predicted molar refractivity (Wildman–Crippen MR) is 51.4 cm³/mol. The second-order valence-corrected chi connectivity index (χ2v) is 3.47. The second kappa shape index (κ2) is 4.23. The fourth-order valence-electron chi connectivity index (χ4n) is 0.939. The van der Waals surface area contributed by atoms with Crippen LogP contribution in [0.3, 0.4) is 0 Å². The molecular weight excluding hydrogens is 172 g/mol. The van der Waals surface area contributed by atoms with E-state index in [0.29, 0.717) is 0 Å². The Labute approximate surface area is 75.8 Å². The average Bonchev–Trinajstić information content (AvgIpc) is 2.37. The third-order valence-electron chi connectivity index (χ3n) is 1.39. The van der Waals surface area contributed by atoms with E-state index in [-0.39, 0.29) is 5.91 Å². The van der Waals surface area contributed by atoms with E-state index in [9.17, 15) is 4.79 Å². The molecule has 0 aliphatic heterocycles. The number of nitrogens with one attached hydrogen (secondary N) is 2. The van der Waals surface area contributed by atoms with Crippen LogP contribution in [0.2, 0.25) is 0 Å². The maximum atomic E-state index is 10.7. The first kappa shape index (κ1) is 9.22. The molecule has 0 bridgehead atoms. The molecule has 4 heteroatoms. The molecule has 1 aromatic rings. The fraction of sp³-hybridized carbons (Fsp3) is 0.375. The van der Waals surface area contributed by atoms with E-state index in [0.717, 1.165) is 17.1 Å². The van der Waals surface area contributed by atoms with E-state index in [1.807, 2.05) is 18.5 Å². The van der Waals surface area contributed by atoms with Gasteiger partial charge in [-0.05, 0) is 18.5 Å². The van der Waals surface area contributed by atoms with Crippen LogP contribution >= 0.6 is 11.3 Å². The van der Waals surface area contributed by atoms with Gasteiger partial charge in [-0.2, -0.15) is 0 Å². The Hall–Kier alpha value is -0.870. The third kappa shape index (κ3) is 2.32. The van der Waals surface area contributed by atoms with Crippen molar-refractivity contribution in [3.05, 3.63) is 16.3 Å². The Kier molecular flexibility index (Phi) is 3.25. The molecule has 0 unspecified atom stereocenters. The zero-order valence-corrected chi connectivity index (χ0v) is 7.99. The molecular formula is C8H12N2OS. The summed E-state index contributed by atoms with van der Waals surface area (Å²) in [4.78, 5) is 11.9. The van der Waals surface area contributed by atoms with Gasteiger partial charge >= 0.3 is 0 Å². The van der Waals surface area contributed by atoms with Crippen LogP contribution in [0.25, 0.3) is 0 Å². The molecule has 0 radical (unpaired) electrons. The van der Waals surface area contributed by atoms with Gasteiger partial charge in [0, 0.05) is 18.3 Å². The molecule has 0 saturated heterocycles. The molecule has 2 N–H and O–H groups in total. The van der Waals surface area contributed by atoms with Crippen molar-refractivity contribution in [2.75, 3.05) is 12.4 Å². The predicted octanol–water partition coefficient (Wildman–Crippen LogP) is 1.43. The second-order valence-electron chi connectivity index (χ2n) is 2.47. The van der Waals surface area contributed by atoms with Gasteiger partial charge in [-0.1, -0.05) is 0 Å². The van der Waals surface area contributed by atoms with Crippen LogP contribution in [0.4, 0.5) is 5.69 Å². The molecule has 1 heterocycles. The standard InChI is InChI=1S/C8H12N2OS/c1-6(11)10-7-3-4-12-8(7)5-9-2/h3-4,9H,5H2,1-2H3,(H,10,11). The lowest BCUT2D eigenvalue weighted by Crippen LogP contribution is -2.09. The van der Waals surface area contributed by atoms with E-state index in [2.05, 4.69) is 10.6 Å². The van der Waals surface area contributed by atoms with Crippen LogP contribution in [-0.2, 0) is 11.3 Å². The lowest BCUT2D eigenvalue weighted by atomic mass is 10.4. The molecule has 0 aromatic carbocycles. The SMILES string of the molecule is CNCc1sccc1NC(C)=O. The molecule has 1 amide bonds. The highest BCUT2D eigenvalue weighted by atomic mass is 32.1. The van der Waals surface area contributed by atoms with Crippen molar-refractivity contribution in [2.24, 2.45) is 0 Å². The minimum absolute atomic E-state index is 0.0225. The van der Waals surface area contributed by atoms with Gasteiger partial charge in [-0.15, -0.1) is 11.3 Å². The van der Waals surface area contributed by atoms with E-state index < -0.39 is 0 Å². The van der Waals surface area contributed by atoms with E-state index in [4.69, 9.17) is 0 Å². The normalized spacial score (nSPS) is 9.83. The molecule has 0 atom stereocenters. The number of amides is 1. The molecule has 1 rings (SSSR count). The number of hydrogen-bond acceptors (Lipinski definition) is 3. The maximum Gasteiger partial charge on any atom is 0.221 e. The van der Waals surface area contributed by atoms with Crippen LogP contribution < -0.4 is 10.6 Å². The summed E-state index contributed by atoms with van der Waals surface area (Å²) in [6.45, 7) is 2.31. The number of rotatable bonds is 3. The number of hydrogen-bond donors (Lipinski definition) is 2. The molecule has 66 valence electrons.